The van der Waals surface area contributed by atoms with Crippen LogP contribution >= 0.6 is 0 Å². The summed E-state index contributed by atoms with van der Waals surface area (Å²) in [6.45, 7) is 10.0. The van der Waals surface area contributed by atoms with Crippen LogP contribution in [0.4, 0.5) is 10.6 Å². The summed E-state index contributed by atoms with van der Waals surface area (Å²) in [4.78, 5) is 48.5. The van der Waals surface area contributed by atoms with Gasteiger partial charge in [-0.1, -0.05) is 26.0 Å². The fraction of sp³-hybridized carbons (Fsp3) is 0.393. The summed E-state index contributed by atoms with van der Waals surface area (Å²) >= 11 is 0. The number of anilines is 1. The maximum atomic E-state index is 12.8. The predicted molar refractivity (Wildman–Crippen MR) is 148 cm³/mol. The van der Waals surface area contributed by atoms with Crippen LogP contribution in [-0.4, -0.2) is 49.6 Å². The summed E-state index contributed by atoms with van der Waals surface area (Å²) in [6.07, 6.45) is 2.53. The van der Waals surface area contributed by atoms with Crippen molar-refractivity contribution in [1.29, 1.82) is 0 Å². The van der Waals surface area contributed by atoms with Crippen LogP contribution in [0.5, 0.6) is 0 Å². The third kappa shape index (κ3) is 6.02. The Balaban J connectivity index is 1.60. The zero-order valence-electron chi connectivity index (χ0n) is 22.9. The van der Waals surface area contributed by atoms with Gasteiger partial charge < -0.3 is 21.6 Å². The van der Waals surface area contributed by atoms with Crippen molar-refractivity contribution in [1.82, 2.24) is 19.5 Å². The predicted octanol–water partition coefficient (Wildman–Crippen LogP) is 4.21. The minimum Gasteiger partial charge on any atom is -0.444 e. The van der Waals surface area contributed by atoms with Crippen molar-refractivity contribution in [2.24, 2.45) is 5.73 Å². The molecule has 3 heterocycles. The third-order valence-electron chi connectivity index (χ3n) is 6.46. The van der Waals surface area contributed by atoms with E-state index in [1.54, 1.807) is 56.1 Å². The van der Waals surface area contributed by atoms with Crippen LogP contribution in [0.1, 0.15) is 91.7 Å². The molecule has 3 aromatic rings. The molecular weight excluding hydrogens is 498 g/mol. The number of nitrogens with one attached hydrogen (secondary N) is 1. The van der Waals surface area contributed by atoms with E-state index in [4.69, 9.17) is 16.3 Å². The van der Waals surface area contributed by atoms with E-state index in [2.05, 4.69) is 29.1 Å². The molecule has 0 saturated carbocycles. The molecule has 4 rings (SSSR count). The van der Waals surface area contributed by atoms with Crippen LogP contribution in [0.25, 0.3) is 11.3 Å². The maximum Gasteiger partial charge on any atom is 0.410 e. The van der Waals surface area contributed by atoms with E-state index in [0.717, 1.165) is 16.7 Å². The SMILES string of the molecule is CC(C)c1ccnc(NC(=O)c2ccc(-c3nc([C@@H]4CCCN4C(=O)OC(C)(C)C)n(N)c3C(N)=O)cc2)c1. The summed E-state index contributed by atoms with van der Waals surface area (Å²) in [7, 11) is 0. The average molecular weight is 534 g/mol. The van der Waals surface area contributed by atoms with Gasteiger partial charge in [0.1, 0.15) is 17.1 Å². The van der Waals surface area contributed by atoms with Gasteiger partial charge in [0.15, 0.2) is 11.5 Å². The lowest BCUT2D eigenvalue weighted by molar-refractivity contribution is 0.0217. The van der Waals surface area contributed by atoms with Crippen LogP contribution < -0.4 is 16.9 Å². The molecule has 0 radical (unpaired) electrons. The van der Waals surface area contributed by atoms with Crippen LogP contribution in [0.15, 0.2) is 42.6 Å². The van der Waals surface area contributed by atoms with Crippen molar-refractivity contribution in [3.63, 3.8) is 0 Å². The first-order chi connectivity index (χ1) is 18.4. The number of primary amides is 1. The number of rotatable bonds is 6. The molecule has 1 saturated heterocycles. The zero-order chi connectivity index (χ0) is 28.5. The fourth-order valence-electron chi connectivity index (χ4n) is 4.54. The Hall–Kier alpha value is -4.41. The molecule has 1 atom stereocenters. The number of carbonyl (C=O) groups excluding carboxylic acids is 3. The Kier molecular flexibility index (Phi) is 7.62. The number of aromatic nitrogens is 3. The molecule has 206 valence electrons. The molecule has 3 amide bonds. The number of hydrogen-bond donors (Lipinski definition) is 3. The van der Waals surface area contributed by atoms with E-state index in [1.165, 1.54) is 0 Å². The topological polar surface area (TPSA) is 158 Å². The highest BCUT2D eigenvalue weighted by molar-refractivity contribution is 6.04. The summed E-state index contributed by atoms with van der Waals surface area (Å²) in [5, 5.41) is 2.81. The average Bonchev–Trinajstić information content (AvgIpc) is 3.48. The zero-order valence-corrected chi connectivity index (χ0v) is 22.9. The summed E-state index contributed by atoms with van der Waals surface area (Å²) in [6, 6.07) is 9.87. The van der Waals surface area contributed by atoms with Gasteiger partial charge in [0, 0.05) is 23.9 Å². The number of nitrogens with zero attached hydrogens (tertiary/aromatic N) is 4. The van der Waals surface area contributed by atoms with Crippen molar-refractivity contribution in [2.75, 3.05) is 17.7 Å². The van der Waals surface area contributed by atoms with Crippen molar-refractivity contribution < 1.29 is 19.1 Å². The normalized spacial score (nSPS) is 15.4. The molecule has 39 heavy (non-hydrogen) atoms. The standard InChI is InChI=1S/C28H35N7O4/c1-16(2)19-12-13-31-21(15-19)32-26(37)18-10-8-17(9-11-18)22-23(24(29)36)35(30)25(33-22)20-7-6-14-34(20)27(38)39-28(3,4)5/h8-13,15-16,20H,6-7,14,30H2,1-5H3,(H2,29,36)(H,31,32,37)/t20-/m0/s1. The van der Waals surface area contributed by atoms with Crippen LogP contribution in [0.3, 0.4) is 0 Å². The molecule has 0 aliphatic carbocycles. The lowest BCUT2D eigenvalue weighted by Gasteiger charge is -2.28. The Labute approximate surface area is 227 Å². The van der Waals surface area contributed by atoms with Crippen LogP contribution in [0.2, 0.25) is 0 Å². The fourth-order valence-corrected chi connectivity index (χ4v) is 4.54. The van der Waals surface area contributed by atoms with E-state index in [0.29, 0.717) is 41.7 Å². The quantitative estimate of drug-likeness (QED) is 0.400. The van der Waals surface area contributed by atoms with Gasteiger partial charge in [-0.3, -0.25) is 14.5 Å². The maximum absolute atomic E-state index is 12.8. The summed E-state index contributed by atoms with van der Waals surface area (Å²) in [5.74, 6) is 6.33. The van der Waals surface area contributed by atoms with E-state index in [9.17, 15) is 14.4 Å². The second-order valence-corrected chi connectivity index (χ2v) is 10.9. The van der Waals surface area contributed by atoms with Crippen molar-refractivity contribution in [3.05, 3.63) is 65.2 Å². The Morgan fingerprint density at radius 2 is 1.82 bits per heavy atom. The monoisotopic (exact) mass is 533 g/mol. The number of likely N-dealkylation sites (tertiary alicyclic amines) is 1. The van der Waals surface area contributed by atoms with Gasteiger partial charge in [0.25, 0.3) is 11.8 Å². The smallest absolute Gasteiger partial charge is 0.410 e. The molecule has 0 spiro atoms. The molecule has 1 aromatic carbocycles. The van der Waals surface area contributed by atoms with Gasteiger partial charge >= 0.3 is 6.09 Å². The highest BCUT2D eigenvalue weighted by Crippen LogP contribution is 2.35. The number of benzene rings is 1. The number of pyridine rings is 1. The lowest BCUT2D eigenvalue weighted by Crippen LogP contribution is -2.38. The highest BCUT2D eigenvalue weighted by Gasteiger charge is 2.37. The van der Waals surface area contributed by atoms with Gasteiger partial charge in [-0.2, -0.15) is 0 Å². The first kappa shape index (κ1) is 27.6. The third-order valence-corrected chi connectivity index (χ3v) is 6.46. The Morgan fingerprint density at radius 1 is 1.13 bits per heavy atom. The van der Waals surface area contributed by atoms with Gasteiger partial charge in [-0.25, -0.2) is 19.4 Å². The van der Waals surface area contributed by atoms with Crippen molar-refractivity contribution in [2.45, 2.75) is 65.0 Å². The molecule has 11 nitrogen and oxygen atoms in total. The minimum atomic E-state index is -0.758. The van der Waals surface area contributed by atoms with E-state index >= 15 is 0 Å². The molecule has 0 bridgehead atoms. The molecule has 1 fully saturated rings. The first-order valence-electron chi connectivity index (χ1n) is 12.9. The molecule has 1 aliphatic heterocycles. The largest absolute Gasteiger partial charge is 0.444 e. The first-order valence-corrected chi connectivity index (χ1v) is 12.9. The van der Waals surface area contributed by atoms with Gasteiger partial charge in [-0.15, -0.1) is 0 Å². The molecule has 5 N–H and O–H groups in total. The van der Waals surface area contributed by atoms with Crippen molar-refractivity contribution in [3.8, 4) is 11.3 Å². The second kappa shape index (κ2) is 10.8. The van der Waals surface area contributed by atoms with E-state index in [-0.39, 0.29) is 17.3 Å². The number of nitrogens with two attached hydrogens (primary N) is 2. The molecule has 2 aromatic heterocycles. The summed E-state index contributed by atoms with van der Waals surface area (Å²) < 4.78 is 6.71. The number of nitrogen functional groups attached to an aromatic ring is 1. The Morgan fingerprint density at radius 3 is 2.44 bits per heavy atom. The van der Waals surface area contributed by atoms with Gasteiger partial charge in [0.2, 0.25) is 0 Å². The van der Waals surface area contributed by atoms with E-state index < -0.39 is 23.6 Å². The number of hydrogen-bond acceptors (Lipinski definition) is 7. The number of imidazole rings is 1. The molecule has 0 unspecified atom stereocenters. The van der Waals surface area contributed by atoms with Crippen LogP contribution in [0, 0.1) is 0 Å². The minimum absolute atomic E-state index is 0.00735. The number of amides is 3. The molecular formula is C28H35N7O4. The highest BCUT2D eigenvalue weighted by atomic mass is 16.6. The van der Waals surface area contributed by atoms with Crippen LogP contribution in [-0.2, 0) is 4.74 Å². The van der Waals surface area contributed by atoms with Gasteiger partial charge in [-0.05, 0) is 69.4 Å². The molecule has 1 aliphatic rings. The summed E-state index contributed by atoms with van der Waals surface area (Å²) in [5.41, 5.74) is 7.32. The second-order valence-electron chi connectivity index (χ2n) is 10.9. The molecule has 11 heteroatoms. The van der Waals surface area contributed by atoms with E-state index in [1.807, 2.05) is 12.1 Å². The lowest BCUT2D eigenvalue weighted by atomic mass is 10.0. The van der Waals surface area contributed by atoms with Crippen molar-refractivity contribution >= 4 is 23.7 Å². The number of ether oxygens (including phenoxy) is 1. The Bertz CT molecular complexity index is 1390. The number of carbonyl (C=O) groups is 3. The van der Waals surface area contributed by atoms with Gasteiger partial charge in [0.05, 0.1) is 6.04 Å².